The van der Waals surface area contributed by atoms with Crippen LogP contribution in [0, 0.1) is 0 Å². The third-order valence-corrected chi connectivity index (χ3v) is 5.01. The number of aromatic nitrogens is 1. The predicted octanol–water partition coefficient (Wildman–Crippen LogP) is 6.02. The Labute approximate surface area is 156 Å². The van der Waals surface area contributed by atoms with Crippen molar-refractivity contribution in [2.45, 2.75) is 0 Å². The number of H-pyrrole nitrogens is 1. The molecule has 0 aliphatic heterocycles. The maximum absolute atomic E-state index is 12.9. The zero-order valence-electron chi connectivity index (χ0n) is 14.6. The molecule has 0 bridgehead atoms. The molecule has 0 aliphatic rings. The van der Waals surface area contributed by atoms with Crippen molar-refractivity contribution in [2.75, 3.05) is 0 Å². The SMILES string of the molecule is O=c1[nH]c(-c2ccccc2)c(-c2ccccc2)c2cc3ccccc3cc12. The molecule has 5 aromatic rings. The van der Waals surface area contributed by atoms with Crippen LogP contribution < -0.4 is 5.56 Å². The lowest BCUT2D eigenvalue weighted by molar-refractivity contribution is 1.28. The van der Waals surface area contributed by atoms with Gasteiger partial charge in [-0.2, -0.15) is 0 Å². The van der Waals surface area contributed by atoms with E-state index in [0.717, 1.165) is 38.5 Å². The monoisotopic (exact) mass is 347 g/mol. The molecule has 0 aliphatic carbocycles. The molecule has 27 heavy (non-hydrogen) atoms. The Hall–Kier alpha value is -3.65. The van der Waals surface area contributed by atoms with Crippen molar-refractivity contribution in [1.82, 2.24) is 4.98 Å². The van der Waals surface area contributed by atoms with Crippen LogP contribution in [0.1, 0.15) is 0 Å². The Kier molecular flexibility index (Phi) is 3.61. The highest BCUT2D eigenvalue weighted by Gasteiger charge is 2.15. The van der Waals surface area contributed by atoms with Gasteiger partial charge >= 0.3 is 0 Å². The Morgan fingerprint density at radius 3 is 1.70 bits per heavy atom. The molecule has 0 saturated carbocycles. The molecule has 0 fully saturated rings. The van der Waals surface area contributed by atoms with Crippen LogP contribution in [0.25, 0.3) is 43.9 Å². The summed E-state index contributed by atoms with van der Waals surface area (Å²) in [7, 11) is 0. The second-order valence-corrected chi connectivity index (χ2v) is 6.68. The van der Waals surface area contributed by atoms with Gasteiger partial charge in [-0.05, 0) is 39.4 Å². The molecule has 0 atom stereocenters. The molecule has 5 rings (SSSR count). The van der Waals surface area contributed by atoms with Crippen LogP contribution in [-0.4, -0.2) is 4.98 Å². The van der Waals surface area contributed by atoms with Crippen LogP contribution >= 0.6 is 0 Å². The first-order chi connectivity index (χ1) is 13.3. The lowest BCUT2D eigenvalue weighted by Crippen LogP contribution is -2.09. The maximum atomic E-state index is 12.9. The molecule has 1 heterocycles. The van der Waals surface area contributed by atoms with Crippen LogP contribution in [0.5, 0.6) is 0 Å². The minimum atomic E-state index is -0.0608. The van der Waals surface area contributed by atoms with Crippen molar-refractivity contribution >= 4 is 21.5 Å². The zero-order valence-corrected chi connectivity index (χ0v) is 14.6. The van der Waals surface area contributed by atoms with E-state index in [2.05, 4.69) is 29.2 Å². The van der Waals surface area contributed by atoms with Crippen LogP contribution in [0.3, 0.4) is 0 Å². The molecule has 4 aromatic carbocycles. The normalized spacial score (nSPS) is 11.1. The number of hydrogen-bond acceptors (Lipinski definition) is 1. The van der Waals surface area contributed by atoms with Gasteiger partial charge in [0, 0.05) is 10.9 Å². The van der Waals surface area contributed by atoms with Gasteiger partial charge in [0.05, 0.1) is 5.69 Å². The molecule has 0 spiro atoms. The molecule has 1 N–H and O–H groups in total. The summed E-state index contributed by atoms with van der Waals surface area (Å²) in [6.07, 6.45) is 0. The molecule has 2 nitrogen and oxygen atoms in total. The Balaban J connectivity index is 1.98. The zero-order chi connectivity index (χ0) is 18.2. The largest absolute Gasteiger partial charge is 0.321 e. The van der Waals surface area contributed by atoms with Crippen molar-refractivity contribution in [1.29, 1.82) is 0 Å². The van der Waals surface area contributed by atoms with Crippen LogP contribution in [0.4, 0.5) is 0 Å². The minimum Gasteiger partial charge on any atom is -0.321 e. The molecular formula is C25H17NO. The van der Waals surface area contributed by atoms with Crippen molar-refractivity contribution in [2.24, 2.45) is 0 Å². The lowest BCUT2D eigenvalue weighted by atomic mass is 9.92. The predicted molar refractivity (Wildman–Crippen MR) is 113 cm³/mol. The Bertz CT molecular complexity index is 1320. The summed E-state index contributed by atoms with van der Waals surface area (Å²) in [6.45, 7) is 0. The third-order valence-electron chi connectivity index (χ3n) is 5.01. The van der Waals surface area contributed by atoms with Gasteiger partial charge in [-0.3, -0.25) is 4.79 Å². The molecule has 1 aromatic heterocycles. The van der Waals surface area contributed by atoms with E-state index >= 15 is 0 Å². The van der Waals surface area contributed by atoms with E-state index in [0.29, 0.717) is 5.39 Å². The summed E-state index contributed by atoms with van der Waals surface area (Å²) in [5, 5.41) is 3.89. The summed E-state index contributed by atoms with van der Waals surface area (Å²) >= 11 is 0. The van der Waals surface area contributed by atoms with E-state index < -0.39 is 0 Å². The minimum absolute atomic E-state index is 0.0608. The van der Waals surface area contributed by atoms with Gasteiger partial charge in [-0.1, -0.05) is 84.9 Å². The first-order valence-corrected chi connectivity index (χ1v) is 9.01. The number of nitrogens with one attached hydrogen (secondary N) is 1. The van der Waals surface area contributed by atoms with Crippen LogP contribution in [0.2, 0.25) is 0 Å². The summed E-state index contributed by atoms with van der Waals surface area (Å²) in [5.74, 6) is 0. The summed E-state index contributed by atoms with van der Waals surface area (Å²) in [5.41, 5.74) is 3.95. The molecule has 0 saturated heterocycles. The van der Waals surface area contributed by atoms with Gasteiger partial charge in [0.15, 0.2) is 0 Å². The van der Waals surface area contributed by atoms with Gasteiger partial charge in [-0.15, -0.1) is 0 Å². The van der Waals surface area contributed by atoms with Crippen LogP contribution in [0.15, 0.2) is 102 Å². The number of aromatic amines is 1. The fourth-order valence-corrected chi connectivity index (χ4v) is 3.74. The smallest absolute Gasteiger partial charge is 0.256 e. The standard InChI is InChI=1S/C25H17NO/c27-25-22-16-20-14-8-7-13-19(20)15-21(22)23(17-9-3-1-4-10-17)24(26-25)18-11-5-2-6-12-18/h1-16H,(H,26,27). The highest BCUT2D eigenvalue weighted by Crippen LogP contribution is 2.36. The Morgan fingerprint density at radius 2 is 1.07 bits per heavy atom. The molecule has 0 amide bonds. The number of hydrogen-bond donors (Lipinski definition) is 1. The van der Waals surface area contributed by atoms with Crippen molar-refractivity contribution in [3.05, 3.63) is 107 Å². The Morgan fingerprint density at radius 1 is 0.556 bits per heavy atom. The number of fused-ring (bicyclic) bond motifs is 2. The topological polar surface area (TPSA) is 32.9 Å². The van der Waals surface area contributed by atoms with E-state index in [-0.39, 0.29) is 5.56 Å². The van der Waals surface area contributed by atoms with Crippen molar-refractivity contribution in [3.63, 3.8) is 0 Å². The summed E-state index contributed by atoms with van der Waals surface area (Å²) < 4.78 is 0. The highest BCUT2D eigenvalue weighted by molar-refractivity contribution is 6.08. The average Bonchev–Trinajstić information content (AvgIpc) is 2.74. The fourth-order valence-electron chi connectivity index (χ4n) is 3.74. The van der Waals surface area contributed by atoms with Crippen molar-refractivity contribution < 1.29 is 0 Å². The number of pyridine rings is 1. The second-order valence-electron chi connectivity index (χ2n) is 6.68. The van der Waals surface area contributed by atoms with Gasteiger partial charge in [0.1, 0.15) is 0 Å². The molecule has 0 radical (unpaired) electrons. The first kappa shape index (κ1) is 15.6. The molecule has 0 unspecified atom stereocenters. The third kappa shape index (κ3) is 2.63. The van der Waals surface area contributed by atoms with Gasteiger partial charge in [-0.25, -0.2) is 0 Å². The van der Waals surface area contributed by atoms with E-state index in [9.17, 15) is 4.79 Å². The van der Waals surface area contributed by atoms with Gasteiger partial charge in [0.25, 0.3) is 5.56 Å². The van der Waals surface area contributed by atoms with E-state index in [1.54, 1.807) is 0 Å². The van der Waals surface area contributed by atoms with E-state index in [1.165, 1.54) is 0 Å². The maximum Gasteiger partial charge on any atom is 0.256 e. The lowest BCUT2D eigenvalue weighted by Gasteiger charge is -2.14. The average molecular weight is 347 g/mol. The van der Waals surface area contributed by atoms with E-state index in [4.69, 9.17) is 0 Å². The number of benzene rings is 4. The van der Waals surface area contributed by atoms with Crippen molar-refractivity contribution in [3.8, 4) is 22.4 Å². The summed E-state index contributed by atoms with van der Waals surface area (Å²) in [6, 6.07) is 32.6. The molecular weight excluding hydrogens is 330 g/mol. The highest BCUT2D eigenvalue weighted by atomic mass is 16.1. The van der Waals surface area contributed by atoms with Gasteiger partial charge < -0.3 is 4.98 Å². The summed E-state index contributed by atoms with van der Waals surface area (Å²) in [4.78, 5) is 16.1. The van der Waals surface area contributed by atoms with E-state index in [1.807, 2.05) is 72.8 Å². The fraction of sp³-hybridized carbons (Fsp3) is 0. The first-order valence-electron chi connectivity index (χ1n) is 9.01. The quantitative estimate of drug-likeness (QED) is 0.389. The second kappa shape index (κ2) is 6.26. The van der Waals surface area contributed by atoms with Crippen LogP contribution in [-0.2, 0) is 0 Å². The van der Waals surface area contributed by atoms with Gasteiger partial charge in [0.2, 0.25) is 0 Å². The number of rotatable bonds is 2. The molecule has 2 heteroatoms. The molecule has 128 valence electrons.